The van der Waals surface area contributed by atoms with Gasteiger partial charge in [0.15, 0.2) is 0 Å². The van der Waals surface area contributed by atoms with Crippen molar-refractivity contribution in [2.75, 3.05) is 32.8 Å². The molecule has 0 radical (unpaired) electrons. The summed E-state index contributed by atoms with van der Waals surface area (Å²) in [6.07, 6.45) is 14.3. The van der Waals surface area contributed by atoms with Crippen molar-refractivity contribution in [1.82, 2.24) is 0 Å². The fourth-order valence-corrected chi connectivity index (χ4v) is 20.3. The van der Waals surface area contributed by atoms with Crippen LogP contribution < -0.4 is 29.1 Å². The van der Waals surface area contributed by atoms with Crippen LogP contribution in [0.3, 0.4) is 0 Å². The highest BCUT2D eigenvalue weighted by molar-refractivity contribution is 5.91. The second-order valence-corrected chi connectivity index (χ2v) is 34.6. The van der Waals surface area contributed by atoms with Crippen LogP contribution in [0.1, 0.15) is 109 Å². The van der Waals surface area contributed by atoms with Crippen LogP contribution in [-0.4, -0.2) is 13.2 Å². The molecule has 0 aromatic heterocycles. The number of benzene rings is 18. The lowest BCUT2D eigenvalue weighted by molar-refractivity contribution is 0.303. The zero-order valence-electron chi connectivity index (χ0n) is 74.5. The van der Waals surface area contributed by atoms with Gasteiger partial charge in [-0.25, -0.2) is 0 Å². The second kappa shape index (κ2) is 39.1. The average Bonchev–Trinajstić information content (AvgIpc) is 1.55. The number of ether oxygens (including phenoxy) is 2. The smallest absolute Gasteiger partial charge is 0.119 e. The second-order valence-electron chi connectivity index (χ2n) is 34.6. The number of anilines is 12. The molecule has 0 bridgehead atoms. The highest BCUT2D eigenvalue weighted by atomic mass is 16.5. The topological polar surface area (TPSA) is 31.4 Å². The Balaban J connectivity index is 0.628. The fraction of sp³-hybridized carbons (Fsp3) is 0.111. The zero-order chi connectivity index (χ0) is 88.8. The molecule has 18 aromatic carbocycles. The molecule has 2 aliphatic rings. The molecule has 6 heteroatoms. The lowest BCUT2D eigenvalue weighted by atomic mass is 9.69. The molecule has 0 heterocycles. The SMILES string of the molecule is C=Cc1ccc(OCCCCCCC2(c3ccccc3)c3ccccc3-c3ccc(-c4ccc(N(c5ccc(-c6ccc(N(c7ccc(N(c8ccccc8)c8ccccc8)cc7)c7ccc(N(c8ccccc8)c8ccccc8)cc7)cc6)cc5)c5ccc(-c6ccc7c(c6)C(CCCCCCOc6ccc(C=C)cc6)(c6ccccc6)c6ccccc6-7)cc5)cc4)cc32)cc1. The maximum absolute atomic E-state index is 6.22. The number of fused-ring (bicyclic) bond motifs is 6. The van der Waals surface area contributed by atoms with Crippen LogP contribution in [0.4, 0.5) is 68.2 Å². The van der Waals surface area contributed by atoms with Crippen molar-refractivity contribution in [2.45, 2.75) is 75.0 Å². The van der Waals surface area contributed by atoms with Gasteiger partial charge < -0.3 is 29.1 Å². The summed E-state index contributed by atoms with van der Waals surface area (Å²) >= 11 is 0. The van der Waals surface area contributed by atoms with E-state index in [0.29, 0.717) is 13.2 Å². The van der Waals surface area contributed by atoms with E-state index in [1.54, 1.807) is 0 Å². The van der Waals surface area contributed by atoms with E-state index in [4.69, 9.17) is 9.47 Å². The molecule has 0 N–H and O–H groups in total. The molecule has 0 saturated heterocycles. The molecule has 0 amide bonds. The largest absolute Gasteiger partial charge is 0.494 e. The van der Waals surface area contributed by atoms with Crippen molar-refractivity contribution in [1.29, 1.82) is 0 Å². The van der Waals surface area contributed by atoms with Crippen molar-refractivity contribution in [3.63, 3.8) is 0 Å². The van der Waals surface area contributed by atoms with Gasteiger partial charge in [0.25, 0.3) is 0 Å². The quantitative estimate of drug-likeness (QED) is 0.0368. The van der Waals surface area contributed by atoms with Crippen LogP contribution in [0.15, 0.2) is 474 Å². The number of unbranched alkanes of at least 4 members (excludes halogenated alkanes) is 6. The van der Waals surface area contributed by atoms with Gasteiger partial charge in [-0.05, 0) is 308 Å². The minimum absolute atomic E-state index is 0.331. The summed E-state index contributed by atoms with van der Waals surface area (Å²) in [5.74, 6) is 1.81. The Morgan fingerprint density at radius 3 is 0.712 bits per heavy atom. The molecule has 0 fully saturated rings. The van der Waals surface area contributed by atoms with Crippen molar-refractivity contribution in [3.8, 4) is 67.1 Å². The van der Waals surface area contributed by atoms with Crippen molar-refractivity contribution >= 4 is 80.4 Å². The summed E-state index contributed by atoms with van der Waals surface area (Å²) < 4.78 is 12.4. The maximum Gasteiger partial charge on any atom is 0.119 e. The summed E-state index contributed by atoms with van der Waals surface area (Å²) in [5.41, 5.74) is 34.7. The van der Waals surface area contributed by atoms with Crippen LogP contribution in [0.25, 0.3) is 67.8 Å². The highest BCUT2D eigenvalue weighted by Gasteiger charge is 2.46. The lowest BCUT2D eigenvalue weighted by Gasteiger charge is -2.33. The molecule has 18 aromatic rings. The van der Waals surface area contributed by atoms with Crippen LogP contribution >= 0.6 is 0 Å². The van der Waals surface area contributed by atoms with E-state index in [1.165, 1.54) is 66.8 Å². The van der Waals surface area contributed by atoms with Crippen LogP contribution in [0, 0.1) is 0 Å². The number of rotatable bonds is 35. The van der Waals surface area contributed by atoms with E-state index in [2.05, 4.69) is 470 Å². The van der Waals surface area contributed by atoms with Gasteiger partial charge in [-0.2, -0.15) is 0 Å². The van der Waals surface area contributed by atoms with Crippen molar-refractivity contribution in [2.24, 2.45) is 0 Å². The van der Waals surface area contributed by atoms with E-state index in [1.807, 2.05) is 36.4 Å². The minimum atomic E-state index is -0.331. The zero-order valence-corrected chi connectivity index (χ0v) is 74.5. The van der Waals surface area contributed by atoms with Crippen LogP contribution in [-0.2, 0) is 10.8 Å². The van der Waals surface area contributed by atoms with Crippen LogP contribution in [0.2, 0.25) is 0 Å². The number of hydrogen-bond donors (Lipinski definition) is 0. The van der Waals surface area contributed by atoms with Gasteiger partial charge in [-0.15, -0.1) is 0 Å². The first kappa shape index (κ1) is 84.4. The first-order chi connectivity index (χ1) is 65.3. The molecule has 642 valence electrons. The molecular weight excluding hydrogens is 1600 g/mol. The number of hydrogen-bond acceptors (Lipinski definition) is 6. The summed E-state index contributed by atoms with van der Waals surface area (Å²) in [4.78, 5) is 9.41. The summed E-state index contributed by atoms with van der Waals surface area (Å²) in [6.45, 7) is 9.23. The van der Waals surface area contributed by atoms with Gasteiger partial charge in [0.2, 0.25) is 0 Å². The number of nitrogens with zero attached hydrogens (tertiary/aromatic N) is 4. The molecule has 20 rings (SSSR count). The first-order valence-corrected chi connectivity index (χ1v) is 46.7. The molecule has 0 spiro atoms. The molecule has 132 heavy (non-hydrogen) atoms. The monoisotopic (exact) mass is 1710 g/mol. The van der Waals surface area contributed by atoms with Crippen molar-refractivity contribution < 1.29 is 9.47 Å². The molecule has 6 nitrogen and oxygen atoms in total. The van der Waals surface area contributed by atoms with E-state index in [-0.39, 0.29) is 10.8 Å². The van der Waals surface area contributed by atoms with E-state index >= 15 is 0 Å². The Morgan fingerprint density at radius 1 is 0.197 bits per heavy atom. The Kier molecular flexibility index (Phi) is 25.0. The summed E-state index contributed by atoms with van der Waals surface area (Å²) in [6, 6.07) is 169. The van der Waals surface area contributed by atoms with Gasteiger partial charge in [0.05, 0.1) is 13.2 Å². The summed E-state index contributed by atoms with van der Waals surface area (Å²) in [7, 11) is 0. The van der Waals surface area contributed by atoms with Gasteiger partial charge in [-0.1, -0.05) is 343 Å². The maximum atomic E-state index is 6.22. The Morgan fingerprint density at radius 2 is 0.424 bits per heavy atom. The van der Waals surface area contributed by atoms with Gasteiger partial charge in [-0.3, -0.25) is 0 Å². The Labute approximate surface area is 778 Å². The Hall–Kier alpha value is -15.8. The first-order valence-electron chi connectivity index (χ1n) is 46.7. The van der Waals surface area contributed by atoms with Gasteiger partial charge >= 0.3 is 0 Å². The molecule has 2 unspecified atom stereocenters. The normalized spacial score (nSPS) is 13.8. The molecule has 2 aliphatic carbocycles. The van der Waals surface area contributed by atoms with E-state index in [0.717, 1.165) is 177 Å². The highest BCUT2D eigenvalue weighted by Crippen LogP contribution is 2.59. The standard InChI is InChI=1S/C126H106N4O2/c1-3-93-51-81-115(82-52-93)131-89-33-7-5-31-87-125(101-35-15-9-16-36-101)121-49-29-27-47-117(121)119-85-63-99(91-123(119)125)97-59-69-109(70-60-97)129(110-71-61-98(62-72-110)100-64-86-120-118-48-28-30-50-122(118)126(124(120)92-100,102-37-17-10-18-38-102)88-32-6-8-34-90-132-116-83-53-94(4-2)54-84-116)107-65-55-95(56-66-107)96-57-67-108(68-58-96)130(113-77-73-111(74-78-113)127(103-39-19-11-20-40-103)104-41-21-12-22-42-104)114-79-75-112(76-80-114)128(105-43-23-13-24-44-105)106-45-25-14-26-46-106/h3-4,9-30,35-86,91-92H,1-2,5-8,31-34,87-90H2. The lowest BCUT2D eigenvalue weighted by Crippen LogP contribution is -2.27. The fourth-order valence-electron chi connectivity index (χ4n) is 20.3. The van der Waals surface area contributed by atoms with E-state index in [9.17, 15) is 0 Å². The third-order valence-corrected chi connectivity index (χ3v) is 26.8. The molecule has 0 saturated carbocycles. The van der Waals surface area contributed by atoms with Crippen molar-refractivity contribution in [3.05, 3.63) is 519 Å². The number of para-hydroxylation sites is 4. The third kappa shape index (κ3) is 17.4. The molecule has 0 aliphatic heterocycles. The molecule has 2 atom stereocenters. The summed E-state index contributed by atoms with van der Waals surface area (Å²) in [5, 5.41) is 0. The van der Waals surface area contributed by atoms with Crippen LogP contribution in [0.5, 0.6) is 11.5 Å². The average molecular weight is 1710 g/mol. The van der Waals surface area contributed by atoms with Gasteiger partial charge in [0, 0.05) is 79.1 Å². The predicted molar refractivity (Wildman–Crippen MR) is 555 cm³/mol. The third-order valence-electron chi connectivity index (χ3n) is 26.8. The van der Waals surface area contributed by atoms with Gasteiger partial charge in [0.1, 0.15) is 11.5 Å². The predicted octanol–water partition coefficient (Wildman–Crippen LogP) is 34.5. The van der Waals surface area contributed by atoms with E-state index < -0.39 is 0 Å². The Bertz CT molecular complexity index is 6460. The minimum Gasteiger partial charge on any atom is -0.494 e. The molecular formula is C126H106N4O2.